The van der Waals surface area contributed by atoms with E-state index in [0.717, 1.165) is 12.8 Å². The van der Waals surface area contributed by atoms with Gasteiger partial charge < -0.3 is 14.4 Å². The second kappa shape index (κ2) is 5.20. The van der Waals surface area contributed by atoms with E-state index in [9.17, 15) is 14.5 Å². The molecule has 1 aromatic carbocycles. The highest BCUT2D eigenvalue weighted by Gasteiger charge is 2.53. The van der Waals surface area contributed by atoms with Crippen LogP contribution in [0.4, 0.5) is 0 Å². The molecular weight excluding hydrogens is 252 g/mol. The third-order valence-corrected chi connectivity index (χ3v) is 5.42. The first kappa shape index (κ1) is 13.2. The van der Waals surface area contributed by atoms with Gasteiger partial charge in [-0.05, 0) is 37.1 Å². The molecule has 18 heavy (non-hydrogen) atoms. The molecule has 1 atom stereocenters. The summed E-state index contributed by atoms with van der Waals surface area (Å²) in [5, 5.41) is 9.38. The van der Waals surface area contributed by atoms with Crippen LogP contribution in [-0.4, -0.2) is 27.5 Å². The van der Waals surface area contributed by atoms with Crippen molar-refractivity contribution in [1.82, 2.24) is 0 Å². The predicted molar refractivity (Wildman–Crippen MR) is 68.2 cm³/mol. The first-order valence-corrected chi connectivity index (χ1v) is 7.04. The van der Waals surface area contributed by atoms with Crippen LogP contribution in [0, 0.1) is 0 Å². The van der Waals surface area contributed by atoms with Crippen molar-refractivity contribution < 1.29 is 19.2 Å². The summed E-state index contributed by atoms with van der Waals surface area (Å²) in [6.45, 7) is 0. The van der Waals surface area contributed by atoms with Crippen LogP contribution in [0.15, 0.2) is 29.2 Å². The molecule has 1 aromatic rings. The molecule has 0 bridgehead atoms. The number of rotatable bonds is 4. The maximum Gasteiger partial charge on any atom is 0.360 e. The number of hydrogen-bond acceptors (Lipinski definition) is 3. The number of carboxylic acids is 1. The summed E-state index contributed by atoms with van der Waals surface area (Å²) in [5.74, 6) is -0.277. The molecule has 1 saturated carbocycles. The Morgan fingerprint density at radius 3 is 2.33 bits per heavy atom. The lowest BCUT2D eigenvalue weighted by Gasteiger charge is -2.27. The molecule has 0 radical (unpaired) electrons. The van der Waals surface area contributed by atoms with E-state index in [-0.39, 0.29) is 0 Å². The highest BCUT2D eigenvalue weighted by molar-refractivity contribution is 7.93. The van der Waals surface area contributed by atoms with Crippen molar-refractivity contribution in [2.45, 2.75) is 35.3 Å². The highest BCUT2D eigenvalue weighted by Crippen LogP contribution is 2.40. The van der Waals surface area contributed by atoms with Crippen LogP contribution in [-0.2, 0) is 16.0 Å². The number of benzene rings is 1. The van der Waals surface area contributed by atoms with Gasteiger partial charge in [0.15, 0.2) is 4.90 Å². The zero-order chi connectivity index (χ0) is 13.2. The maximum absolute atomic E-state index is 12.5. The van der Waals surface area contributed by atoms with E-state index in [2.05, 4.69) is 0 Å². The molecule has 4 nitrogen and oxygen atoms in total. The van der Waals surface area contributed by atoms with E-state index in [1.54, 1.807) is 31.4 Å². The number of carbonyl (C=O) groups is 1. The Morgan fingerprint density at radius 2 is 1.89 bits per heavy atom. The van der Waals surface area contributed by atoms with Crippen molar-refractivity contribution in [3.8, 4) is 5.75 Å². The second-order valence-electron chi connectivity index (χ2n) is 4.45. The topological polar surface area (TPSA) is 69.6 Å². The number of carboxylic acid groups (broad SMARTS) is 1. The summed E-state index contributed by atoms with van der Waals surface area (Å²) in [5.41, 5.74) is 0. The third kappa shape index (κ3) is 2.20. The van der Waals surface area contributed by atoms with Gasteiger partial charge in [-0.25, -0.2) is 4.79 Å². The minimum absolute atomic E-state index is 0.487. The Kier molecular flexibility index (Phi) is 3.82. The van der Waals surface area contributed by atoms with E-state index >= 15 is 0 Å². The molecule has 0 spiro atoms. The third-order valence-electron chi connectivity index (χ3n) is 3.43. The van der Waals surface area contributed by atoms with Crippen molar-refractivity contribution in [3.63, 3.8) is 0 Å². The summed E-state index contributed by atoms with van der Waals surface area (Å²) in [7, 11) is 1.56. The largest absolute Gasteiger partial charge is 0.611 e. The van der Waals surface area contributed by atoms with Gasteiger partial charge in [-0.15, -0.1) is 0 Å². The summed E-state index contributed by atoms with van der Waals surface area (Å²) < 4.78 is 16.4. The fourth-order valence-electron chi connectivity index (χ4n) is 2.35. The Balaban J connectivity index is 2.27. The summed E-state index contributed by atoms with van der Waals surface area (Å²) >= 11 is -1.51. The predicted octanol–water partition coefficient (Wildman–Crippen LogP) is 2.20. The van der Waals surface area contributed by atoms with Crippen molar-refractivity contribution in [1.29, 1.82) is 0 Å². The fourth-order valence-corrected chi connectivity index (χ4v) is 4.00. The molecular formula is C13H16O4S. The average molecular weight is 268 g/mol. The van der Waals surface area contributed by atoms with Crippen molar-refractivity contribution >= 4 is 17.1 Å². The quantitative estimate of drug-likeness (QED) is 0.850. The fraction of sp³-hybridized carbons (Fsp3) is 0.462. The van der Waals surface area contributed by atoms with Crippen LogP contribution in [0.2, 0.25) is 0 Å². The molecule has 0 heterocycles. The van der Waals surface area contributed by atoms with Crippen LogP contribution < -0.4 is 4.74 Å². The van der Waals surface area contributed by atoms with Gasteiger partial charge in [-0.2, -0.15) is 0 Å². The molecule has 0 aromatic heterocycles. The van der Waals surface area contributed by atoms with Gasteiger partial charge in [0.1, 0.15) is 5.75 Å². The highest BCUT2D eigenvalue weighted by atomic mass is 32.2. The normalized spacial score (nSPS) is 19.4. The Morgan fingerprint density at radius 1 is 1.33 bits per heavy atom. The smallest absolute Gasteiger partial charge is 0.360 e. The first-order valence-electron chi connectivity index (χ1n) is 5.89. The number of hydrogen-bond donors (Lipinski definition) is 1. The van der Waals surface area contributed by atoms with Crippen LogP contribution in [0.3, 0.4) is 0 Å². The van der Waals surface area contributed by atoms with E-state index < -0.39 is 21.9 Å². The summed E-state index contributed by atoms with van der Waals surface area (Å²) in [6.07, 6.45) is 2.63. The Labute approximate surface area is 109 Å². The SMILES string of the molecule is COc1ccc([S+]([O-])C2(C(=O)O)CCCC2)cc1. The lowest BCUT2D eigenvalue weighted by molar-refractivity contribution is -0.139. The van der Waals surface area contributed by atoms with Crippen LogP contribution in [0.1, 0.15) is 25.7 Å². The van der Waals surface area contributed by atoms with Crippen LogP contribution in [0.5, 0.6) is 5.75 Å². The van der Waals surface area contributed by atoms with Gasteiger partial charge in [0.2, 0.25) is 4.75 Å². The molecule has 0 aliphatic heterocycles. The molecule has 1 N–H and O–H groups in total. The van der Waals surface area contributed by atoms with Crippen molar-refractivity contribution in [2.75, 3.05) is 7.11 Å². The molecule has 1 aliphatic carbocycles. The summed E-state index contributed by atoms with van der Waals surface area (Å²) in [6, 6.07) is 6.77. The summed E-state index contributed by atoms with van der Waals surface area (Å²) in [4.78, 5) is 12.0. The Bertz CT molecular complexity index is 423. The minimum atomic E-state index is -1.51. The van der Waals surface area contributed by atoms with E-state index in [4.69, 9.17) is 4.74 Å². The number of methoxy groups -OCH3 is 1. The standard InChI is InChI=1S/C13H16O4S/c1-17-10-4-6-11(7-5-10)18(16)13(12(14)15)8-2-3-9-13/h4-7H,2-3,8-9H2,1H3,(H,14,15). The van der Waals surface area contributed by atoms with Crippen LogP contribution in [0.25, 0.3) is 0 Å². The average Bonchev–Trinajstić information content (AvgIpc) is 2.88. The van der Waals surface area contributed by atoms with Gasteiger partial charge in [-0.3, -0.25) is 0 Å². The zero-order valence-electron chi connectivity index (χ0n) is 10.2. The molecule has 1 fully saturated rings. The van der Waals surface area contributed by atoms with Crippen molar-refractivity contribution in [2.24, 2.45) is 0 Å². The second-order valence-corrected chi connectivity index (χ2v) is 6.24. The lowest BCUT2D eigenvalue weighted by atomic mass is 10.1. The molecule has 1 aliphatic rings. The van der Waals surface area contributed by atoms with E-state index in [1.807, 2.05) is 0 Å². The van der Waals surface area contributed by atoms with Gasteiger partial charge in [0.25, 0.3) is 0 Å². The van der Waals surface area contributed by atoms with Gasteiger partial charge >= 0.3 is 5.97 Å². The number of aliphatic carboxylic acids is 1. The molecule has 2 rings (SSSR count). The molecule has 1 unspecified atom stereocenters. The number of ether oxygens (including phenoxy) is 1. The van der Waals surface area contributed by atoms with Gasteiger partial charge in [0.05, 0.1) is 7.11 Å². The minimum Gasteiger partial charge on any atom is -0.611 e. The van der Waals surface area contributed by atoms with Crippen molar-refractivity contribution in [3.05, 3.63) is 24.3 Å². The molecule has 0 saturated heterocycles. The van der Waals surface area contributed by atoms with Gasteiger partial charge in [-0.1, -0.05) is 0 Å². The molecule has 0 amide bonds. The van der Waals surface area contributed by atoms with Crippen LogP contribution >= 0.6 is 0 Å². The zero-order valence-corrected chi connectivity index (χ0v) is 11.0. The molecule has 98 valence electrons. The first-order chi connectivity index (χ1) is 8.60. The maximum atomic E-state index is 12.5. The van der Waals surface area contributed by atoms with E-state index in [1.165, 1.54) is 0 Å². The monoisotopic (exact) mass is 268 g/mol. The van der Waals surface area contributed by atoms with Gasteiger partial charge in [0, 0.05) is 24.0 Å². The lowest BCUT2D eigenvalue weighted by Crippen LogP contribution is -2.43. The molecule has 5 heteroatoms. The Hall–Kier alpha value is -1.20. The van der Waals surface area contributed by atoms with E-state index in [0.29, 0.717) is 23.5 Å².